The van der Waals surface area contributed by atoms with Crippen LogP contribution >= 0.6 is 0 Å². The quantitative estimate of drug-likeness (QED) is 0.776. The molecule has 0 aromatic rings. The third-order valence-corrected chi connectivity index (χ3v) is 2.67. The van der Waals surface area contributed by atoms with Gasteiger partial charge in [-0.3, -0.25) is 9.69 Å². The molecule has 1 N–H and O–H groups in total. The zero-order valence-electron chi connectivity index (χ0n) is 10.7. The number of morpholine rings is 1. The van der Waals surface area contributed by atoms with Gasteiger partial charge in [-0.2, -0.15) is 0 Å². The van der Waals surface area contributed by atoms with Crippen molar-refractivity contribution >= 4 is 5.91 Å². The molecule has 0 radical (unpaired) electrons. The number of ether oxygens (including phenoxy) is 1. The fourth-order valence-electron chi connectivity index (χ4n) is 1.60. The zero-order valence-corrected chi connectivity index (χ0v) is 10.7. The van der Waals surface area contributed by atoms with Crippen LogP contribution in [0.4, 0.5) is 0 Å². The summed E-state index contributed by atoms with van der Waals surface area (Å²) in [7, 11) is 0. The summed E-state index contributed by atoms with van der Waals surface area (Å²) in [5.74, 6) is 0.131. The molecule has 0 aromatic carbocycles. The van der Waals surface area contributed by atoms with Crippen LogP contribution in [-0.2, 0) is 9.53 Å². The van der Waals surface area contributed by atoms with E-state index in [4.69, 9.17) is 4.74 Å². The van der Waals surface area contributed by atoms with Crippen LogP contribution in [0.3, 0.4) is 0 Å². The third kappa shape index (κ3) is 6.08. The van der Waals surface area contributed by atoms with Crippen LogP contribution in [0.1, 0.15) is 27.2 Å². The van der Waals surface area contributed by atoms with Crippen molar-refractivity contribution in [2.24, 2.45) is 5.41 Å². The van der Waals surface area contributed by atoms with E-state index in [9.17, 15) is 4.79 Å². The molecule has 0 aliphatic carbocycles. The minimum atomic E-state index is 0.131. The summed E-state index contributed by atoms with van der Waals surface area (Å²) >= 11 is 0. The van der Waals surface area contributed by atoms with Gasteiger partial charge in [-0.25, -0.2) is 0 Å². The molecule has 0 aromatic heterocycles. The standard InChI is InChI=1S/C12H24N2O2/c1-12(2,3)4-5-13-11(15)10-14-6-8-16-9-7-14/h4-10H2,1-3H3,(H,13,15). The predicted molar refractivity (Wildman–Crippen MR) is 64.3 cm³/mol. The van der Waals surface area contributed by atoms with E-state index < -0.39 is 0 Å². The van der Waals surface area contributed by atoms with E-state index in [1.807, 2.05) is 0 Å². The van der Waals surface area contributed by atoms with E-state index in [0.717, 1.165) is 39.3 Å². The second-order valence-corrected chi connectivity index (χ2v) is 5.55. The molecular formula is C12H24N2O2. The molecule has 0 atom stereocenters. The number of carbonyl (C=O) groups excluding carboxylic acids is 1. The Bertz CT molecular complexity index is 218. The van der Waals surface area contributed by atoms with Crippen molar-refractivity contribution in [1.82, 2.24) is 10.2 Å². The third-order valence-electron chi connectivity index (χ3n) is 2.67. The molecule has 1 saturated heterocycles. The van der Waals surface area contributed by atoms with Gasteiger partial charge < -0.3 is 10.1 Å². The molecule has 16 heavy (non-hydrogen) atoms. The Kier molecular flexibility index (Phi) is 5.22. The summed E-state index contributed by atoms with van der Waals surface area (Å²) in [6.07, 6.45) is 1.02. The molecule has 1 aliphatic heterocycles. The monoisotopic (exact) mass is 228 g/mol. The highest BCUT2D eigenvalue weighted by molar-refractivity contribution is 5.77. The predicted octanol–water partition coefficient (Wildman–Crippen LogP) is 0.871. The summed E-state index contributed by atoms with van der Waals surface area (Å²) in [6, 6.07) is 0. The van der Waals surface area contributed by atoms with E-state index in [1.54, 1.807) is 0 Å². The lowest BCUT2D eigenvalue weighted by Gasteiger charge is -2.26. The lowest BCUT2D eigenvalue weighted by Crippen LogP contribution is -2.43. The molecule has 0 bridgehead atoms. The number of hydrogen-bond acceptors (Lipinski definition) is 3. The van der Waals surface area contributed by atoms with Crippen molar-refractivity contribution < 1.29 is 9.53 Å². The molecule has 94 valence electrons. The van der Waals surface area contributed by atoms with Crippen LogP contribution in [0.5, 0.6) is 0 Å². The highest BCUT2D eigenvalue weighted by atomic mass is 16.5. The summed E-state index contributed by atoms with van der Waals surface area (Å²) < 4.78 is 5.23. The van der Waals surface area contributed by atoms with E-state index in [0.29, 0.717) is 6.54 Å². The number of nitrogens with zero attached hydrogens (tertiary/aromatic N) is 1. The molecular weight excluding hydrogens is 204 g/mol. The van der Waals surface area contributed by atoms with Gasteiger partial charge in [0, 0.05) is 19.6 Å². The molecule has 4 heteroatoms. The number of nitrogens with one attached hydrogen (secondary N) is 1. The second kappa shape index (κ2) is 6.21. The van der Waals surface area contributed by atoms with E-state index >= 15 is 0 Å². The van der Waals surface area contributed by atoms with Gasteiger partial charge in [0.25, 0.3) is 0 Å². The Morgan fingerprint density at radius 1 is 1.31 bits per heavy atom. The van der Waals surface area contributed by atoms with Gasteiger partial charge in [0.15, 0.2) is 0 Å². The fraction of sp³-hybridized carbons (Fsp3) is 0.917. The molecule has 1 amide bonds. The lowest BCUT2D eigenvalue weighted by molar-refractivity contribution is -0.123. The summed E-state index contributed by atoms with van der Waals surface area (Å²) in [4.78, 5) is 13.7. The van der Waals surface area contributed by atoms with Crippen LogP contribution < -0.4 is 5.32 Å². The van der Waals surface area contributed by atoms with Crippen molar-refractivity contribution in [2.45, 2.75) is 27.2 Å². The Morgan fingerprint density at radius 2 is 1.94 bits per heavy atom. The number of rotatable bonds is 4. The van der Waals surface area contributed by atoms with Gasteiger partial charge in [-0.15, -0.1) is 0 Å². The highest BCUT2D eigenvalue weighted by Crippen LogP contribution is 2.16. The molecule has 0 saturated carbocycles. The van der Waals surface area contributed by atoms with Crippen molar-refractivity contribution in [1.29, 1.82) is 0 Å². The minimum absolute atomic E-state index is 0.131. The molecule has 1 aliphatic rings. The summed E-state index contributed by atoms with van der Waals surface area (Å²) in [5.41, 5.74) is 0.284. The Hall–Kier alpha value is -0.610. The van der Waals surface area contributed by atoms with Crippen molar-refractivity contribution in [3.8, 4) is 0 Å². The topological polar surface area (TPSA) is 41.6 Å². The van der Waals surface area contributed by atoms with Crippen LogP contribution in [0.15, 0.2) is 0 Å². The van der Waals surface area contributed by atoms with Gasteiger partial charge in [0.1, 0.15) is 0 Å². The normalized spacial score (nSPS) is 18.4. The smallest absolute Gasteiger partial charge is 0.234 e. The van der Waals surface area contributed by atoms with Gasteiger partial charge in [0.2, 0.25) is 5.91 Å². The van der Waals surface area contributed by atoms with Crippen molar-refractivity contribution in [2.75, 3.05) is 39.4 Å². The Morgan fingerprint density at radius 3 is 2.50 bits per heavy atom. The maximum atomic E-state index is 11.6. The maximum Gasteiger partial charge on any atom is 0.234 e. The number of amides is 1. The van der Waals surface area contributed by atoms with Crippen LogP contribution in [-0.4, -0.2) is 50.2 Å². The molecule has 1 heterocycles. The van der Waals surface area contributed by atoms with Gasteiger partial charge in [-0.05, 0) is 11.8 Å². The Labute approximate surface area is 98.3 Å². The summed E-state index contributed by atoms with van der Waals surface area (Å²) in [5, 5.41) is 2.97. The molecule has 0 unspecified atom stereocenters. The van der Waals surface area contributed by atoms with E-state index in [1.165, 1.54) is 0 Å². The zero-order chi connectivity index (χ0) is 12.0. The molecule has 4 nitrogen and oxygen atoms in total. The Balaban J connectivity index is 2.10. The number of carbonyl (C=O) groups is 1. The SMILES string of the molecule is CC(C)(C)CCNC(=O)CN1CCOCC1. The van der Waals surface area contributed by atoms with Gasteiger partial charge in [0.05, 0.1) is 19.8 Å². The van der Waals surface area contributed by atoms with Crippen LogP contribution in [0, 0.1) is 5.41 Å². The van der Waals surface area contributed by atoms with Crippen molar-refractivity contribution in [3.63, 3.8) is 0 Å². The summed E-state index contributed by atoms with van der Waals surface area (Å²) in [6.45, 7) is 11.0. The first kappa shape index (κ1) is 13.5. The van der Waals surface area contributed by atoms with E-state index in [2.05, 4.69) is 31.0 Å². The van der Waals surface area contributed by atoms with Crippen LogP contribution in [0.2, 0.25) is 0 Å². The molecule has 1 rings (SSSR count). The van der Waals surface area contributed by atoms with Crippen molar-refractivity contribution in [3.05, 3.63) is 0 Å². The number of hydrogen-bond donors (Lipinski definition) is 1. The van der Waals surface area contributed by atoms with E-state index in [-0.39, 0.29) is 11.3 Å². The highest BCUT2D eigenvalue weighted by Gasteiger charge is 2.14. The average molecular weight is 228 g/mol. The molecule has 0 spiro atoms. The molecule has 1 fully saturated rings. The first-order chi connectivity index (χ1) is 7.47. The maximum absolute atomic E-state index is 11.6. The fourth-order valence-corrected chi connectivity index (χ4v) is 1.60. The van der Waals surface area contributed by atoms with Crippen LogP contribution in [0.25, 0.3) is 0 Å². The lowest BCUT2D eigenvalue weighted by atomic mass is 9.92. The first-order valence-electron chi connectivity index (χ1n) is 6.04. The van der Waals surface area contributed by atoms with Gasteiger partial charge in [-0.1, -0.05) is 20.8 Å². The first-order valence-corrected chi connectivity index (χ1v) is 6.04. The van der Waals surface area contributed by atoms with Gasteiger partial charge >= 0.3 is 0 Å². The minimum Gasteiger partial charge on any atom is -0.379 e. The second-order valence-electron chi connectivity index (χ2n) is 5.55. The average Bonchev–Trinajstić information content (AvgIpc) is 2.17. The largest absolute Gasteiger partial charge is 0.379 e.